The van der Waals surface area contributed by atoms with Gasteiger partial charge >= 0.3 is 0 Å². The largest absolute Gasteiger partial charge is 0.497 e. The molecule has 2 fully saturated rings. The maximum Gasteiger partial charge on any atom is 0.166 e. The monoisotopic (exact) mass is 320 g/mol. The molecule has 2 bridgehead atoms. The standard InChI is InChI=1S/C22H24O2/c1-14-4-3-5-16(12-14)20-17-6-7-18(13-17)21(20)22(23)15-8-10-19(24-2)11-9-15/h3-5,8-12,17-18,20-21H,6-7,13H2,1-2H3/t17-,18+,20-,21+/m1/s1. The van der Waals surface area contributed by atoms with E-state index < -0.39 is 0 Å². The topological polar surface area (TPSA) is 26.3 Å². The zero-order valence-electron chi connectivity index (χ0n) is 14.4. The number of ketones is 1. The van der Waals surface area contributed by atoms with E-state index in [4.69, 9.17) is 4.74 Å². The van der Waals surface area contributed by atoms with Crippen molar-refractivity contribution in [2.75, 3.05) is 7.11 Å². The molecule has 2 nitrogen and oxygen atoms in total. The lowest BCUT2D eigenvalue weighted by atomic mass is 9.72. The van der Waals surface area contributed by atoms with Gasteiger partial charge in [-0.05, 0) is 73.8 Å². The molecular weight excluding hydrogens is 296 g/mol. The minimum Gasteiger partial charge on any atom is -0.497 e. The number of fused-ring (bicyclic) bond motifs is 2. The quantitative estimate of drug-likeness (QED) is 0.740. The van der Waals surface area contributed by atoms with Crippen molar-refractivity contribution in [1.29, 1.82) is 0 Å². The van der Waals surface area contributed by atoms with Crippen LogP contribution in [0.25, 0.3) is 0 Å². The third kappa shape index (κ3) is 2.54. The number of hydrogen-bond donors (Lipinski definition) is 0. The van der Waals surface area contributed by atoms with Gasteiger partial charge in [0.1, 0.15) is 5.75 Å². The highest BCUT2D eigenvalue weighted by Crippen LogP contribution is 2.57. The Balaban J connectivity index is 1.67. The minimum absolute atomic E-state index is 0.138. The fourth-order valence-corrected chi connectivity index (χ4v) is 4.97. The lowest BCUT2D eigenvalue weighted by Crippen LogP contribution is -2.28. The van der Waals surface area contributed by atoms with Crippen molar-refractivity contribution < 1.29 is 9.53 Å². The van der Waals surface area contributed by atoms with Crippen LogP contribution in [-0.4, -0.2) is 12.9 Å². The molecule has 0 saturated heterocycles. The van der Waals surface area contributed by atoms with Gasteiger partial charge in [-0.3, -0.25) is 4.79 Å². The first-order chi connectivity index (χ1) is 11.7. The van der Waals surface area contributed by atoms with Crippen molar-refractivity contribution in [3.05, 3.63) is 65.2 Å². The lowest BCUT2D eigenvalue weighted by Gasteiger charge is -2.30. The van der Waals surface area contributed by atoms with Crippen molar-refractivity contribution in [3.63, 3.8) is 0 Å². The number of Topliss-reactive ketones (excluding diaryl/α,β-unsaturated/α-hetero) is 1. The van der Waals surface area contributed by atoms with Crippen molar-refractivity contribution in [3.8, 4) is 5.75 Å². The molecule has 0 N–H and O–H groups in total. The van der Waals surface area contributed by atoms with Crippen LogP contribution in [0.5, 0.6) is 5.75 Å². The summed E-state index contributed by atoms with van der Waals surface area (Å²) in [4.78, 5) is 13.3. The summed E-state index contributed by atoms with van der Waals surface area (Å²) in [5.74, 6) is 2.86. The van der Waals surface area contributed by atoms with Gasteiger partial charge < -0.3 is 4.74 Å². The first-order valence-electron chi connectivity index (χ1n) is 8.92. The third-order valence-electron chi connectivity index (χ3n) is 6.02. The summed E-state index contributed by atoms with van der Waals surface area (Å²) in [7, 11) is 1.65. The predicted octanol–water partition coefficient (Wildman–Crippen LogP) is 5.02. The Morgan fingerprint density at radius 3 is 2.50 bits per heavy atom. The Morgan fingerprint density at radius 2 is 1.79 bits per heavy atom. The van der Waals surface area contributed by atoms with Crippen LogP contribution < -0.4 is 4.74 Å². The van der Waals surface area contributed by atoms with E-state index in [-0.39, 0.29) is 5.92 Å². The van der Waals surface area contributed by atoms with E-state index in [1.807, 2.05) is 24.3 Å². The molecule has 4 atom stereocenters. The summed E-state index contributed by atoms with van der Waals surface area (Å²) in [6.45, 7) is 2.14. The van der Waals surface area contributed by atoms with E-state index in [2.05, 4.69) is 31.2 Å². The van der Waals surface area contributed by atoms with Crippen molar-refractivity contribution in [2.45, 2.75) is 32.1 Å². The van der Waals surface area contributed by atoms with Gasteiger partial charge in [0.2, 0.25) is 0 Å². The van der Waals surface area contributed by atoms with Gasteiger partial charge in [-0.15, -0.1) is 0 Å². The van der Waals surface area contributed by atoms with E-state index in [9.17, 15) is 4.79 Å². The van der Waals surface area contributed by atoms with Gasteiger partial charge in [0, 0.05) is 11.5 Å². The summed E-state index contributed by atoms with van der Waals surface area (Å²) in [6, 6.07) is 16.4. The molecule has 2 aromatic rings. The average Bonchev–Trinajstić information content (AvgIpc) is 3.22. The summed E-state index contributed by atoms with van der Waals surface area (Å²) in [5, 5.41) is 0. The van der Waals surface area contributed by atoms with E-state index in [0.29, 0.717) is 23.5 Å². The molecule has 2 aromatic carbocycles. The normalized spacial score (nSPS) is 28.1. The number of benzene rings is 2. The molecule has 2 heteroatoms. The zero-order chi connectivity index (χ0) is 16.7. The van der Waals surface area contributed by atoms with Crippen LogP contribution in [0.3, 0.4) is 0 Å². The molecule has 0 amide bonds. The van der Waals surface area contributed by atoms with Gasteiger partial charge in [-0.1, -0.05) is 29.8 Å². The van der Waals surface area contributed by atoms with Crippen LogP contribution in [0.1, 0.15) is 46.7 Å². The number of hydrogen-bond acceptors (Lipinski definition) is 2. The number of rotatable bonds is 4. The van der Waals surface area contributed by atoms with Crippen LogP contribution in [0.15, 0.2) is 48.5 Å². The highest BCUT2D eigenvalue weighted by Gasteiger charge is 2.51. The predicted molar refractivity (Wildman–Crippen MR) is 95.6 cm³/mol. The second kappa shape index (κ2) is 6.08. The zero-order valence-corrected chi connectivity index (χ0v) is 14.4. The molecule has 0 spiro atoms. The number of ether oxygens (including phenoxy) is 1. The van der Waals surface area contributed by atoms with Gasteiger partial charge in [0.15, 0.2) is 5.78 Å². The van der Waals surface area contributed by atoms with Crippen LogP contribution in [-0.2, 0) is 0 Å². The second-order valence-electron chi connectivity index (χ2n) is 7.39. The molecule has 0 unspecified atom stereocenters. The van der Waals surface area contributed by atoms with E-state index in [1.54, 1.807) is 7.11 Å². The molecule has 2 aliphatic rings. The number of aryl methyl sites for hydroxylation is 1. The summed E-state index contributed by atoms with van der Waals surface area (Å²) >= 11 is 0. The SMILES string of the molecule is COc1ccc(C(=O)[C@H]2[C@H]3CC[C@H](C3)[C@H]2c2cccc(C)c2)cc1. The van der Waals surface area contributed by atoms with Crippen LogP contribution >= 0.6 is 0 Å². The molecular formula is C22H24O2. The highest BCUT2D eigenvalue weighted by atomic mass is 16.5. The summed E-state index contributed by atoms with van der Waals surface area (Å²) < 4.78 is 5.22. The Labute approximate surface area is 143 Å². The molecule has 0 aliphatic heterocycles. The van der Waals surface area contributed by atoms with Crippen molar-refractivity contribution in [2.24, 2.45) is 17.8 Å². The number of carbonyl (C=O) groups is 1. The van der Waals surface area contributed by atoms with Crippen LogP contribution in [0, 0.1) is 24.7 Å². The summed E-state index contributed by atoms with van der Waals surface area (Å²) in [6.07, 6.45) is 3.69. The average molecular weight is 320 g/mol. The second-order valence-corrected chi connectivity index (χ2v) is 7.39. The molecule has 2 aliphatic carbocycles. The van der Waals surface area contributed by atoms with Gasteiger partial charge in [0.05, 0.1) is 7.11 Å². The van der Waals surface area contributed by atoms with Crippen molar-refractivity contribution >= 4 is 5.78 Å². The van der Waals surface area contributed by atoms with Gasteiger partial charge in [-0.2, -0.15) is 0 Å². The van der Waals surface area contributed by atoms with Crippen LogP contribution in [0.4, 0.5) is 0 Å². The Hall–Kier alpha value is -2.09. The molecule has 0 radical (unpaired) electrons. The van der Waals surface area contributed by atoms with Gasteiger partial charge in [0.25, 0.3) is 0 Å². The Bertz CT molecular complexity index is 747. The third-order valence-corrected chi connectivity index (χ3v) is 6.02. The molecule has 124 valence electrons. The lowest BCUT2D eigenvalue weighted by molar-refractivity contribution is 0.0853. The Kier molecular flexibility index (Phi) is 3.91. The molecule has 4 rings (SSSR count). The molecule has 2 saturated carbocycles. The maximum absolute atomic E-state index is 13.3. The maximum atomic E-state index is 13.3. The summed E-state index contributed by atoms with van der Waals surface area (Å²) in [5.41, 5.74) is 3.46. The van der Waals surface area contributed by atoms with Crippen LogP contribution in [0.2, 0.25) is 0 Å². The minimum atomic E-state index is 0.138. The fraction of sp³-hybridized carbons (Fsp3) is 0.409. The Morgan fingerprint density at radius 1 is 1.04 bits per heavy atom. The van der Waals surface area contributed by atoms with Gasteiger partial charge in [-0.25, -0.2) is 0 Å². The van der Waals surface area contributed by atoms with E-state index >= 15 is 0 Å². The number of carbonyl (C=O) groups excluding carboxylic acids is 1. The molecule has 24 heavy (non-hydrogen) atoms. The number of methoxy groups -OCH3 is 1. The first-order valence-corrected chi connectivity index (χ1v) is 8.92. The highest BCUT2D eigenvalue weighted by molar-refractivity contribution is 5.99. The molecule has 0 aromatic heterocycles. The van der Waals surface area contributed by atoms with E-state index in [0.717, 1.165) is 11.3 Å². The smallest absolute Gasteiger partial charge is 0.166 e. The first kappa shape index (κ1) is 15.4. The fourth-order valence-electron chi connectivity index (χ4n) is 4.97. The van der Waals surface area contributed by atoms with E-state index in [1.165, 1.54) is 30.4 Å². The van der Waals surface area contributed by atoms with Crippen molar-refractivity contribution in [1.82, 2.24) is 0 Å². The molecule has 0 heterocycles.